The minimum absolute atomic E-state index is 0.0403. The van der Waals surface area contributed by atoms with Crippen LogP contribution in [0.15, 0.2) is 75.1 Å². The van der Waals surface area contributed by atoms with Gasteiger partial charge < -0.3 is 4.42 Å². The van der Waals surface area contributed by atoms with Gasteiger partial charge >= 0.3 is 0 Å². The van der Waals surface area contributed by atoms with Gasteiger partial charge in [-0.3, -0.25) is 19.8 Å². The van der Waals surface area contributed by atoms with Crippen LogP contribution in [0.5, 0.6) is 0 Å². The number of amides is 2. The monoisotopic (exact) mass is 578 g/mol. The largest absolute Gasteiger partial charge is 0.457 e. The van der Waals surface area contributed by atoms with Gasteiger partial charge in [0.2, 0.25) is 0 Å². The Labute approximate surface area is 194 Å². The summed E-state index contributed by atoms with van der Waals surface area (Å²) in [6, 6.07) is 18.4. The summed E-state index contributed by atoms with van der Waals surface area (Å²) < 4.78 is 7.81. The molecule has 0 unspecified atom stereocenters. The summed E-state index contributed by atoms with van der Waals surface area (Å²) in [7, 11) is 0. The van der Waals surface area contributed by atoms with Crippen molar-refractivity contribution in [1.82, 2.24) is 5.32 Å². The Morgan fingerprint density at radius 1 is 1.00 bits per heavy atom. The number of hydrogen-bond acceptors (Lipinski definition) is 4. The lowest BCUT2D eigenvalue weighted by Crippen LogP contribution is -2.54. The molecule has 0 aliphatic carbocycles. The van der Waals surface area contributed by atoms with Crippen molar-refractivity contribution in [3.63, 3.8) is 0 Å². The molecule has 1 aliphatic rings. The molecule has 0 saturated carbocycles. The third kappa shape index (κ3) is 4.19. The lowest BCUT2D eigenvalue weighted by Gasteiger charge is -2.28. The Hall–Kier alpha value is -2.30. The van der Waals surface area contributed by atoms with E-state index in [-0.39, 0.29) is 10.7 Å². The Kier molecular flexibility index (Phi) is 5.66. The molecule has 0 radical (unpaired) electrons. The minimum Gasteiger partial charge on any atom is -0.457 e. The predicted molar refractivity (Wildman–Crippen MR) is 127 cm³/mol. The lowest BCUT2D eigenvalue weighted by molar-refractivity contribution is -0.122. The van der Waals surface area contributed by atoms with Crippen molar-refractivity contribution in [2.45, 2.75) is 0 Å². The molecule has 5 nitrogen and oxygen atoms in total. The molecule has 2 aromatic carbocycles. The first-order chi connectivity index (χ1) is 13.9. The molecule has 2 heterocycles. The van der Waals surface area contributed by atoms with Crippen molar-refractivity contribution in [1.29, 1.82) is 0 Å². The Morgan fingerprint density at radius 2 is 1.69 bits per heavy atom. The van der Waals surface area contributed by atoms with E-state index < -0.39 is 11.8 Å². The fraction of sp³-hybridized carbons (Fsp3) is 0. The number of furan rings is 1. The fourth-order valence-electron chi connectivity index (χ4n) is 2.82. The average Bonchev–Trinajstić information content (AvgIpc) is 3.16. The van der Waals surface area contributed by atoms with Gasteiger partial charge in [-0.15, -0.1) is 0 Å². The van der Waals surface area contributed by atoms with Crippen LogP contribution in [0, 0.1) is 3.57 Å². The zero-order chi connectivity index (χ0) is 20.5. The van der Waals surface area contributed by atoms with Crippen LogP contribution in [0.4, 0.5) is 5.69 Å². The maximum atomic E-state index is 13.0. The topological polar surface area (TPSA) is 62.6 Å². The first-order valence-corrected chi connectivity index (χ1v) is 10.7. The summed E-state index contributed by atoms with van der Waals surface area (Å²) >= 11 is 10.8. The average molecular weight is 579 g/mol. The number of anilines is 1. The normalized spacial score (nSPS) is 15.7. The van der Waals surface area contributed by atoms with Gasteiger partial charge in [-0.1, -0.05) is 28.1 Å². The van der Waals surface area contributed by atoms with Crippen molar-refractivity contribution in [3.8, 4) is 11.3 Å². The molecule has 0 spiro atoms. The van der Waals surface area contributed by atoms with Crippen LogP contribution in [0.25, 0.3) is 17.4 Å². The quantitative estimate of drug-likeness (QED) is 0.202. The van der Waals surface area contributed by atoms with Crippen LogP contribution >= 0.6 is 50.7 Å². The molecule has 1 fully saturated rings. The number of benzene rings is 2. The Morgan fingerprint density at radius 3 is 2.38 bits per heavy atom. The van der Waals surface area contributed by atoms with E-state index in [2.05, 4.69) is 43.8 Å². The maximum Gasteiger partial charge on any atom is 0.270 e. The van der Waals surface area contributed by atoms with Crippen LogP contribution in [0.3, 0.4) is 0 Å². The first kappa shape index (κ1) is 20.0. The SMILES string of the molecule is O=C1NC(=S)N(c2ccc(Br)cc2)C(=O)/C1=C/c1ccc(-c2ccc(I)cc2)o1. The smallest absolute Gasteiger partial charge is 0.270 e. The second-order valence-electron chi connectivity index (χ2n) is 6.14. The van der Waals surface area contributed by atoms with Gasteiger partial charge in [-0.05, 0) is 89.4 Å². The molecule has 1 N–H and O–H groups in total. The zero-order valence-corrected chi connectivity index (χ0v) is 19.2. The summed E-state index contributed by atoms with van der Waals surface area (Å²) in [6.07, 6.45) is 1.43. The molecular weight excluding hydrogens is 567 g/mol. The van der Waals surface area contributed by atoms with Crippen LogP contribution in [-0.4, -0.2) is 16.9 Å². The van der Waals surface area contributed by atoms with E-state index in [0.717, 1.165) is 13.6 Å². The van der Waals surface area contributed by atoms with Crippen molar-refractivity contribution in [3.05, 3.63) is 80.0 Å². The van der Waals surface area contributed by atoms with E-state index in [9.17, 15) is 9.59 Å². The number of hydrogen-bond donors (Lipinski definition) is 1. The predicted octanol–water partition coefficient (Wildman–Crippen LogP) is 5.15. The first-order valence-electron chi connectivity index (χ1n) is 8.45. The van der Waals surface area contributed by atoms with Crippen molar-refractivity contribution in [2.24, 2.45) is 0 Å². The zero-order valence-electron chi connectivity index (χ0n) is 14.7. The highest BCUT2D eigenvalue weighted by Crippen LogP contribution is 2.27. The number of rotatable bonds is 3. The molecule has 0 bridgehead atoms. The van der Waals surface area contributed by atoms with E-state index >= 15 is 0 Å². The number of nitrogens with zero attached hydrogens (tertiary/aromatic N) is 1. The molecule has 8 heteroatoms. The number of thiocarbonyl (C=S) groups is 1. The number of halogens is 2. The van der Waals surface area contributed by atoms with E-state index in [1.807, 2.05) is 24.3 Å². The van der Waals surface area contributed by atoms with Crippen molar-refractivity contribution in [2.75, 3.05) is 4.90 Å². The van der Waals surface area contributed by atoms with Gasteiger partial charge in [0.05, 0.1) is 5.69 Å². The van der Waals surface area contributed by atoms with Gasteiger partial charge in [-0.2, -0.15) is 0 Å². The minimum atomic E-state index is -0.555. The van der Waals surface area contributed by atoms with Crippen LogP contribution in [-0.2, 0) is 9.59 Å². The Bertz CT molecular complexity index is 1150. The molecule has 144 valence electrons. The fourth-order valence-corrected chi connectivity index (χ4v) is 3.73. The number of carbonyl (C=O) groups is 2. The molecule has 3 aromatic rings. The summed E-state index contributed by atoms with van der Waals surface area (Å²) in [5, 5.41) is 2.60. The number of carbonyl (C=O) groups excluding carboxylic acids is 2. The molecule has 1 aromatic heterocycles. The van der Waals surface area contributed by atoms with Gasteiger partial charge in [0.15, 0.2) is 5.11 Å². The van der Waals surface area contributed by atoms with E-state index in [1.165, 1.54) is 11.0 Å². The highest BCUT2D eigenvalue weighted by atomic mass is 127. The number of nitrogens with one attached hydrogen (secondary N) is 1. The molecular formula is C21H12BrIN2O3S. The summed E-state index contributed by atoms with van der Waals surface area (Å²) in [4.78, 5) is 26.7. The van der Waals surface area contributed by atoms with Crippen LogP contribution < -0.4 is 10.2 Å². The summed E-state index contributed by atoms with van der Waals surface area (Å²) in [5.74, 6) is -0.00769. The third-order valence-corrected chi connectivity index (χ3v) is 5.76. The van der Waals surface area contributed by atoms with E-state index in [0.29, 0.717) is 17.2 Å². The van der Waals surface area contributed by atoms with Gasteiger partial charge in [0.1, 0.15) is 17.1 Å². The third-order valence-electron chi connectivity index (χ3n) is 4.23. The van der Waals surface area contributed by atoms with E-state index in [1.54, 1.807) is 36.4 Å². The molecule has 0 atom stereocenters. The molecule has 4 rings (SSSR count). The Balaban J connectivity index is 1.66. The summed E-state index contributed by atoms with van der Waals surface area (Å²) in [6.45, 7) is 0. The van der Waals surface area contributed by atoms with Crippen molar-refractivity contribution < 1.29 is 14.0 Å². The molecule has 29 heavy (non-hydrogen) atoms. The second kappa shape index (κ2) is 8.21. The van der Waals surface area contributed by atoms with Crippen LogP contribution in [0.1, 0.15) is 5.76 Å². The van der Waals surface area contributed by atoms with Crippen molar-refractivity contribution >= 4 is 79.4 Å². The van der Waals surface area contributed by atoms with Gasteiger partial charge in [0.25, 0.3) is 11.8 Å². The van der Waals surface area contributed by atoms with Crippen LogP contribution in [0.2, 0.25) is 0 Å². The standard InChI is InChI=1S/C21H12BrIN2O3S/c22-13-3-7-15(8-4-13)25-20(27)17(19(26)24-21(25)29)11-16-9-10-18(28-16)12-1-5-14(23)6-2-12/h1-11H,(H,24,26,29)/b17-11+. The van der Waals surface area contributed by atoms with E-state index in [4.69, 9.17) is 16.6 Å². The molecule has 1 aliphatic heterocycles. The molecule has 2 amide bonds. The second-order valence-corrected chi connectivity index (χ2v) is 8.69. The highest BCUT2D eigenvalue weighted by molar-refractivity contribution is 14.1. The lowest BCUT2D eigenvalue weighted by atomic mass is 10.1. The van der Waals surface area contributed by atoms with Gasteiger partial charge in [0, 0.05) is 13.6 Å². The maximum absolute atomic E-state index is 13.0. The summed E-state index contributed by atoms with van der Waals surface area (Å²) in [5.41, 5.74) is 1.42. The molecule has 1 saturated heterocycles. The van der Waals surface area contributed by atoms with Gasteiger partial charge in [-0.25, -0.2) is 0 Å². The highest BCUT2D eigenvalue weighted by Gasteiger charge is 2.34.